The van der Waals surface area contributed by atoms with Gasteiger partial charge in [0.05, 0.1) is 25.4 Å². The molecule has 1 aliphatic heterocycles. The fraction of sp³-hybridized carbons (Fsp3) is 0.915. The van der Waals surface area contributed by atoms with Gasteiger partial charge in [0, 0.05) is 6.42 Å². The minimum Gasteiger partial charge on any atom is -0.394 e. The molecular formula is C59H113NO8. The highest BCUT2D eigenvalue weighted by molar-refractivity contribution is 5.76. The van der Waals surface area contributed by atoms with Crippen LogP contribution in [0.3, 0.4) is 0 Å². The molecule has 6 N–H and O–H groups in total. The van der Waals surface area contributed by atoms with Gasteiger partial charge in [0.25, 0.3) is 0 Å². The summed E-state index contributed by atoms with van der Waals surface area (Å²) in [5.74, 6) is -0.173. The minimum absolute atomic E-state index is 0.173. The van der Waals surface area contributed by atoms with Crippen molar-refractivity contribution in [3.05, 3.63) is 24.3 Å². The predicted molar refractivity (Wildman–Crippen MR) is 286 cm³/mol. The van der Waals surface area contributed by atoms with Crippen LogP contribution in [-0.2, 0) is 14.3 Å². The van der Waals surface area contributed by atoms with Crippen LogP contribution in [-0.4, -0.2) is 87.5 Å². The van der Waals surface area contributed by atoms with Crippen molar-refractivity contribution in [3.8, 4) is 0 Å². The topological polar surface area (TPSA) is 149 Å². The molecule has 1 saturated heterocycles. The summed E-state index contributed by atoms with van der Waals surface area (Å²) in [5, 5.41) is 54.4. The second kappa shape index (κ2) is 49.3. The Morgan fingerprint density at radius 1 is 0.485 bits per heavy atom. The molecule has 68 heavy (non-hydrogen) atoms. The van der Waals surface area contributed by atoms with Gasteiger partial charge in [0.15, 0.2) is 6.29 Å². The van der Waals surface area contributed by atoms with Crippen LogP contribution in [0, 0.1) is 0 Å². The number of aliphatic hydroxyl groups excluding tert-OH is 5. The molecule has 1 amide bonds. The van der Waals surface area contributed by atoms with Crippen molar-refractivity contribution in [1.29, 1.82) is 0 Å². The molecule has 0 aromatic rings. The zero-order valence-electron chi connectivity index (χ0n) is 44.6. The third-order valence-corrected chi connectivity index (χ3v) is 14.3. The maximum Gasteiger partial charge on any atom is 0.220 e. The highest BCUT2D eigenvalue weighted by Gasteiger charge is 2.44. The first-order valence-electron chi connectivity index (χ1n) is 29.6. The molecular weight excluding hydrogens is 851 g/mol. The number of carbonyl (C=O) groups is 1. The van der Waals surface area contributed by atoms with Crippen LogP contribution in [0.5, 0.6) is 0 Å². The fourth-order valence-corrected chi connectivity index (χ4v) is 9.57. The van der Waals surface area contributed by atoms with Crippen LogP contribution < -0.4 is 5.32 Å². The van der Waals surface area contributed by atoms with Gasteiger partial charge < -0.3 is 40.3 Å². The minimum atomic E-state index is -1.56. The number of hydrogen-bond donors (Lipinski definition) is 6. The Hall–Kier alpha value is -1.33. The van der Waals surface area contributed by atoms with E-state index in [1.54, 1.807) is 6.08 Å². The van der Waals surface area contributed by atoms with Crippen molar-refractivity contribution in [1.82, 2.24) is 5.32 Å². The molecule has 1 rings (SSSR count). The molecule has 7 atom stereocenters. The Kier molecular flexibility index (Phi) is 46.9. The summed E-state index contributed by atoms with van der Waals surface area (Å²) in [6.45, 7) is 3.80. The first-order chi connectivity index (χ1) is 33.3. The maximum absolute atomic E-state index is 13.0. The SMILES string of the molecule is CCCCCCCCCCCCC/C=C/C(O)C(COC1OC(CO)C(O)C(O)C1O)NC(=O)CCCCCCCCCCCCCCCCCC/C=C\CCCCCCCCCCCCCC. The largest absolute Gasteiger partial charge is 0.394 e. The Balaban J connectivity index is 2.11. The van der Waals surface area contributed by atoms with Gasteiger partial charge in [-0.2, -0.15) is 0 Å². The van der Waals surface area contributed by atoms with E-state index in [4.69, 9.17) is 9.47 Å². The Bertz CT molecular complexity index is 1120. The molecule has 0 radical (unpaired) electrons. The highest BCUT2D eigenvalue weighted by atomic mass is 16.7. The summed E-state index contributed by atoms with van der Waals surface area (Å²) < 4.78 is 11.3. The number of amides is 1. The summed E-state index contributed by atoms with van der Waals surface area (Å²) in [5.41, 5.74) is 0. The molecule has 0 bridgehead atoms. The lowest BCUT2D eigenvalue weighted by Crippen LogP contribution is -2.60. The van der Waals surface area contributed by atoms with Gasteiger partial charge in [-0.1, -0.05) is 263 Å². The van der Waals surface area contributed by atoms with E-state index in [9.17, 15) is 30.3 Å². The summed E-state index contributed by atoms with van der Waals surface area (Å²) >= 11 is 0. The number of unbranched alkanes of at least 4 members (excludes halogenated alkanes) is 39. The Morgan fingerprint density at radius 2 is 0.824 bits per heavy atom. The molecule has 402 valence electrons. The number of rotatable bonds is 51. The zero-order valence-corrected chi connectivity index (χ0v) is 44.6. The van der Waals surface area contributed by atoms with Crippen molar-refractivity contribution in [3.63, 3.8) is 0 Å². The van der Waals surface area contributed by atoms with Crippen LogP contribution in [0.1, 0.15) is 290 Å². The van der Waals surface area contributed by atoms with E-state index in [0.29, 0.717) is 6.42 Å². The van der Waals surface area contributed by atoms with Gasteiger partial charge in [-0.15, -0.1) is 0 Å². The van der Waals surface area contributed by atoms with Gasteiger partial charge in [-0.3, -0.25) is 4.79 Å². The summed E-state index contributed by atoms with van der Waals surface area (Å²) in [4.78, 5) is 13.0. The standard InChI is InChI=1S/C59H113NO8/c1-3-5-7-9-11-13-15-17-18-19-20-21-22-23-24-25-26-27-28-29-30-31-32-33-34-35-37-39-41-43-45-47-49-55(63)60-52(51-67-59-58(66)57(65)56(64)54(50-61)68-59)53(62)48-46-44-42-40-38-36-16-14-12-10-8-6-4-2/h23-24,46,48,52-54,56-59,61-62,64-66H,3-22,25-45,47,49-51H2,1-2H3,(H,60,63)/b24-23-,48-46+. The van der Waals surface area contributed by atoms with Crippen LogP contribution >= 0.6 is 0 Å². The monoisotopic (exact) mass is 964 g/mol. The molecule has 1 fully saturated rings. The molecule has 1 heterocycles. The number of nitrogens with one attached hydrogen (secondary N) is 1. The fourth-order valence-electron chi connectivity index (χ4n) is 9.57. The lowest BCUT2D eigenvalue weighted by molar-refractivity contribution is -0.302. The third-order valence-electron chi connectivity index (χ3n) is 14.3. The second-order valence-electron chi connectivity index (χ2n) is 20.8. The van der Waals surface area contributed by atoms with E-state index in [-0.39, 0.29) is 12.5 Å². The first kappa shape index (κ1) is 64.7. The van der Waals surface area contributed by atoms with Crippen molar-refractivity contribution in [2.75, 3.05) is 13.2 Å². The van der Waals surface area contributed by atoms with E-state index >= 15 is 0 Å². The molecule has 0 aromatic carbocycles. The van der Waals surface area contributed by atoms with Crippen LogP contribution in [0.2, 0.25) is 0 Å². The molecule has 9 nitrogen and oxygen atoms in total. The number of ether oxygens (including phenoxy) is 2. The lowest BCUT2D eigenvalue weighted by atomic mass is 9.99. The van der Waals surface area contributed by atoms with Gasteiger partial charge in [0.2, 0.25) is 5.91 Å². The quantitative estimate of drug-likeness (QED) is 0.0261. The number of aliphatic hydroxyl groups is 5. The zero-order chi connectivity index (χ0) is 49.4. The smallest absolute Gasteiger partial charge is 0.220 e. The first-order valence-corrected chi connectivity index (χ1v) is 29.6. The van der Waals surface area contributed by atoms with Crippen molar-refractivity contribution in [2.24, 2.45) is 0 Å². The van der Waals surface area contributed by atoms with Gasteiger partial charge in [0.1, 0.15) is 24.4 Å². The highest BCUT2D eigenvalue weighted by Crippen LogP contribution is 2.23. The van der Waals surface area contributed by atoms with Gasteiger partial charge in [-0.05, 0) is 44.9 Å². The van der Waals surface area contributed by atoms with Gasteiger partial charge >= 0.3 is 0 Å². The molecule has 0 saturated carbocycles. The molecule has 1 aliphatic rings. The summed E-state index contributed by atoms with van der Waals surface area (Å²) in [6.07, 6.45) is 55.5. The normalized spacial score (nSPS) is 19.7. The number of carbonyl (C=O) groups excluding carboxylic acids is 1. The Labute approximate surface area is 419 Å². The van der Waals surface area contributed by atoms with E-state index < -0.39 is 49.5 Å². The lowest BCUT2D eigenvalue weighted by Gasteiger charge is -2.40. The van der Waals surface area contributed by atoms with Crippen molar-refractivity contribution >= 4 is 5.91 Å². The van der Waals surface area contributed by atoms with Crippen LogP contribution in [0.4, 0.5) is 0 Å². The third kappa shape index (κ3) is 38.4. The maximum atomic E-state index is 13.0. The number of allylic oxidation sites excluding steroid dienone is 3. The van der Waals surface area contributed by atoms with Crippen molar-refractivity contribution < 1.29 is 39.8 Å². The molecule has 0 spiro atoms. The second-order valence-corrected chi connectivity index (χ2v) is 20.8. The summed E-state index contributed by atoms with van der Waals surface area (Å²) in [7, 11) is 0. The van der Waals surface area contributed by atoms with Crippen LogP contribution in [0.25, 0.3) is 0 Å². The van der Waals surface area contributed by atoms with Gasteiger partial charge in [-0.25, -0.2) is 0 Å². The molecule has 7 unspecified atom stereocenters. The Morgan fingerprint density at radius 3 is 1.19 bits per heavy atom. The van der Waals surface area contributed by atoms with E-state index in [1.807, 2.05) is 6.08 Å². The van der Waals surface area contributed by atoms with Crippen molar-refractivity contribution in [2.45, 2.75) is 333 Å². The predicted octanol–water partition coefficient (Wildman–Crippen LogP) is 14.6. The van der Waals surface area contributed by atoms with E-state index in [0.717, 1.165) is 38.5 Å². The molecule has 0 aliphatic carbocycles. The van der Waals surface area contributed by atoms with Crippen LogP contribution in [0.15, 0.2) is 24.3 Å². The molecule has 9 heteroatoms. The average Bonchev–Trinajstić information content (AvgIpc) is 3.34. The molecule has 0 aromatic heterocycles. The average molecular weight is 965 g/mol. The van der Waals surface area contributed by atoms with E-state index in [1.165, 1.54) is 231 Å². The van der Waals surface area contributed by atoms with E-state index in [2.05, 4.69) is 31.3 Å². The summed E-state index contributed by atoms with van der Waals surface area (Å²) in [6, 6.07) is -0.801. The number of hydrogen-bond acceptors (Lipinski definition) is 8.